The second-order valence-electron chi connectivity index (χ2n) is 9.58. The highest BCUT2D eigenvalue weighted by Crippen LogP contribution is 2.35. The number of nitrogens with one attached hydrogen (secondary N) is 1. The Morgan fingerprint density at radius 3 is 2.34 bits per heavy atom. The van der Waals surface area contributed by atoms with E-state index >= 15 is 0 Å². The molecule has 0 bridgehead atoms. The zero-order chi connectivity index (χ0) is 28.5. The van der Waals surface area contributed by atoms with Gasteiger partial charge in [0.05, 0.1) is 51.8 Å². The van der Waals surface area contributed by atoms with Crippen molar-refractivity contribution in [2.45, 2.75) is 19.2 Å². The van der Waals surface area contributed by atoms with Crippen LogP contribution in [0.2, 0.25) is 0 Å². The highest BCUT2D eigenvalue weighted by atomic mass is 19.1. The largest absolute Gasteiger partial charge is 0.497 e. The third-order valence-electron chi connectivity index (χ3n) is 6.89. The first-order chi connectivity index (χ1) is 19.9. The van der Waals surface area contributed by atoms with Crippen molar-refractivity contribution in [2.75, 3.05) is 32.8 Å². The summed E-state index contributed by atoms with van der Waals surface area (Å²) in [7, 11) is 3.10. The van der Waals surface area contributed by atoms with Crippen LogP contribution < -0.4 is 19.5 Å². The predicted octanol–water partition coefficient (Wildman–Crippen LogP) is 5.12. The molecule has 0 aliphatic carbocycles. The lowest BCUT2D eigenvalue weighted by Gasteiger charge is -2.26. The fourth-order valence-electron chi connectivity index (χ4n) is 4.71. The van der Waals surface area contributed by atoms with Gasteiger partial charge in [-0.2, -0.15) is 0 Å². The maximum atomic E-state index is 14.8. The molecule has 1 fully saturated rings. The molecule has 11 heteroatoms. The van der Waals surface area contributed by atoms with E-state index in [0.29, 0.717) is 41.8 Å². The highest BCUT2D eigenvalue weighted by Gasteiger charge is 2.34. The number of methoxy groups -OCH3 is 2. The Kier molecular flexibility index (Phi) is 7.10. The van der Waals surface area contributed by atoms with Crippen molar-refractivity contribution in [2.24, 2.45) is 0 Å². The minimum absolute atomic E-state index is 0.0186. The maximum absolute atomic E-state index is 14.8. The van der Waals surface area contributed by atoms with Crippen LogP contribution in [0.5, 0.6) is 17.2 Å². The Balaban J connectivity index is 1.35. The molecule has 0 spiro atoms. The molecule has 2 aliphatic rings. The molecule has 0 radical (unpaired) electrons. The van der Waals surface area contributed by atoms with Gasteiger partial charge in [0, 0.05) is 17.3 Å². The van der Waals surface area contributed by atoms with Gasteiger partial charge in [-0.1, -0.05) is 6.07 Å². The third kappa shape index (κ3) is 5.23. The average Bonchev–Trinajstić information content (AvgIpc) is 3.26. The minimum atomic E-state index is -0.804. The van der Waals surface area contributed by atoms with Gasteiger partial charge in [-0.15, -0.1) is 0 Å². The fourth-order valence-corrected chi connectivity index (χ4v) is 4.71. The van der Waals surface area contributed by atoms with E-state index in [2.05, 4.69) is 15.3 Å². The summed E-state index contributed by atoms with van der Waals surface area (Å²) >= 11 is 0. The van der Waals surface area contributed by atoms with Crippen LogP contribution in [0.4, 0.5) is 20.3 Å². The summed E-state index contributed by atoms with van der Waals surface area (Å²) in [4.78, 5) is 24.1. The smallest absolute Gasteiger partial charge is 0.260 e. The molecule has 4 aromatic rings. The van der Waals surface area contributed by atoms with Crippen molar-refractivity contribution in [1.29, 1.82) is 0 Å². The number of amides is 1. The van der Waals surface area contributed by atoms with E-state index in [9.17, 15) is 13.6 Å². The molecule has 6 rings (SSSR count). The summed E-state index contributed by atoms with van der Waals surface area (Å²) in [5.41, 5.74) is 1.57. The number of ether oxygens (including phenoxy) is 4. The van der Waals surface area contributed by atoms with Gasteiger partial charge >= 0.3 is 0 Å². The second-order valence-corrected chi connectivity index (χ2v) is 9.58. The summed E-state index contributed by atoms with van der Waals surface area (Å²) in [5, 5.41) is 3.15. The molecular formula is C30H26F2N4O5. The number of carbonyl (C=O) groups excluding carboxylic acids is 1. The van der Waals surface area contributed by atoms with Crippen molar-refractivity contribution in [1.82, 2.24) is 14.9 Å². The van der Waals surface area contributed by atoms with Crippen molar-refractivity contribution in [3.8, 4) is 28.6 Å². The lowest BCUT2D eigenvalue weighted by molar-refractivity contribution is -0.0796. The molecule has 9 nitrogen and oxygen atoms in total. The zero-order valence-corrected chi connectivity index (χ0v) is 22.3. The lowest BCUT2D eigenvalue weighted by Crippen LogP contribution is -2.38. The van der Waals surface area contributed by atoms with Gasteiger partial charge in [0.15, 0.2) is 5.82 Å². The Morgan fingerprint density at radius 2 is 1.68 bits per heavy atom. The number of carbonyl (C=O) groups is 1. The zero-order valence-electron chi connectivity index (χ0n) is 22.3. The fraction of sp³-hybridized carbons (Fsp3) is 0.233. The summed E-state index contributed by atoms with van der Waals surface area (Å²) in [6.07, 6.45) is 0.0186. The molecule has 1 aromatic heterocycles. The average molecular weight is 561 g/mol. The normalized spacial score (nSPS) is 14.4. The van der Waals surface area contributed by atoms with E-state index in [1.165, 1.54) is 13.2 Å². The van der Waals surface area contributed by atoms with Gasteiger partial charge in [0.1, 0.15) is 46.4 Å². The van der Waals surface area contributed by atoms with Crippen LogP contribution >= 0.6 is 0 Å². The van der Waals surface area contributed by atoms with Gasteiger partial charge < -0.3 is 29.2 Å². The van der Waals surface area contributed by atoms with Crippen LogP contribution in [0.15, 0.2) is 60.7 Å². The van der Waals surface area contributed by atoms with Crippen LogP contribution in [0.3, 0.4) is 0 Å². The van der Waals surface area contributed by atoms with Crippen LogP contribution in [-0.2, 0) is 17.8 Å². The first kappa shape index (κ1) is 26.5. The first-order valence-electron chi connectivity index (χ1n) is 12.9. The Labute approximate surface area is 234 Å². The van der Waals surface area contributed by atoms with Crippen LogP contribution in [0.1, 0.15) is 21.6 Å². The van der Waals surface area contributed by atoms with Gasteiger partial charge in [-0.25, -0.2) is 18.7 Å². The topological polar surface area (TPSA) is 95.0 Å². The van der Waals surface area contributed by atoms with Crippen molar-refractivity contribution < 1.29 is 32.5 Å². The van der Waals surface area contributed by atoms with Gasteiger partial charge in [-0.3, -0.25) is 4.79 Å². The molecule has 41 heavy (non-hydrogen) atoms. The molecule has 1 amide bonds. The first-order valence-corrected chi connectivity index (χ1v) is 12.9. The number of halogens is 2. The molecule has 1 saturated heterocycles. The summed E-state index contributed by atoms with van der Waals surface area (Å²) in [6, 6.07) is 16.0. The van der Waals surface area contributed by atoms with Crippen LogP contribution in [0.25, 0.3) is 11.4 Å². The number of rotatable bonds is 9. The Hall–Kier alpha value is -4.77. The van der Waals surface area contributed by atoms with E-state index in [-0.39, 0.29) is 47.9 Å². The standard InChI is InChI=1S/C30H26F2N4O5/c1-38-20-9-6-17(25(12-20)39-2)13-36-14-24-27(30(36)37)29(35-28(34-24)26-22(31)4-3-5-23(26)32)33-18-7-10-19(11-8-18)41-21-15-40-16-21/h3-12,21H,13-16H2,1-2H3,(H,33,34,35). The summed E-state index contributed by atoms with van der Waals surface area (Å²) in [5.74, 6) is -0.114. The van der Waals surface area contributed by atoms with Crippen molar-refractivity contribution >= 4 is 17.4 Å². The van der Waals surface area contributed by atoms with E-state index in [1.807, 2.05) is 6.07 Å². The van der Waals surface area contributed by atoms with E-state index in [1.54, 1.807) is 48.4 Å². The van der Waals surface area contributed by atoms with E-state index in [0.717, 1.165) is 17.7 Å². The number of benzene rings is 3. The monoisotopic (exact) mass is 560 g/mol. The maximum Gasteiger partial charge on any atom is 0.260 e. The van der Waals surface area contributed by atoms with Crippen molar-refractivity contribution in [3.63, 3.8) is 0 Å². The molecule has 0 saturated carbocycles. The Morgan fingerprint density at radius 1 is 0.951 bits per heavy atom. The third-order valence-corrected chi connectivity index (χ3v) is 6.89. The molecule has 0 unspecified atom stereocenters. The Bertz CT molecular complexity index is 1590. The number of nitrogens with zero attached hydrogens (tertiary/aromatic N) is 3. The number of hydrogen-bond acceptors (Lipinski definition) is 8. The second kappa shape index (κ2) is 11.0. The summed E-state index contributed by atoms with van der Waals surface area (Å²) < 4.78 is 51.2. The SMILES string of the molecule is COc1ccc(CN2Cc3nc(-c4c(F)cccc4F)nc(Nc4ccc(OC5COC5)cc4)c3C2=O)c(OC)c1. The lowest BCUT2D eigenvalue weighted by atomic mass is 10.1. The molecular weight excluding hydrogens is 534 g/mol. The quantitative estimate of drug-likeness (QED) is 0.302. The minimum Gasteiger partial charge on any atom is -0.497 e. The van der Waals surface area contributed by atoms with Gasteiger partial charge in [0.2, 0.25) is 0 Å². The summed E-state index contributed by atoms with van der Waals surface area (Å²) in [6.45, 7) is 1.41. The molecule has 0 atom stereocenters. The number of aromatic nitrogens is 2. The number of anilines is 2. The molecule has 3 aromatic carbocycles. The molecule has 3 heterocycles. The predicted molar refractivity (Wildman–Crippen MR) is 145 cm³/mol. The van der Waals surface area contributed by atoms with Crippen LogP contribution in [0, 0.1) is 11.6 Å². The van der Waals surface area contributed by atoms with Gasteiger partial charge in [-0.05, 0) is 48.5 Å². The van der Waals surface area contributed by atoms with E-state index in [4.69, 9.17) is 18.9 Å². The van der Waals surface area contributed by atoms with Crippen molar-refractivity contribution in [3.05, 3.63) is 89.1 Å². The van der Waals surface area contributed by atoms with E-state index < -0.39 is 11.6 Å². The number of hydrogen-bond donors (Lipinski definition) is 1. The molecule has 1 N–H and O–H groups in total. The van der Waals surface area contributed by atoms with Crippen LogP contribution in [-0.4, -0.2) is 54.3 Å². The van der Waals surface area contributed by atoms with Gasteiger partial charge in [0.25, 0.3) is 5.91 Å². The number of fused-ring (bicyclic) bond motifs is 1. The molecule has 2 aliphatic heterocycles. The highest BCUT2D eigenvalue weighted by molar-refractivity contribution is 6.03. The molecule has 210 valence electrons.